The molecule has 0 saturated heterocycles. The topological polar surface area (TPSA) is 114 Å². The number of benzene rings is 2. The summed E-state index contributed by atoms with van der Waals surface area (Å²) in [6, 6.07) is 7.74. The SMILES string of the molecule is C/C(CC(=O)Nc1ccc(Cl)c(C(F)(F)F)c1)=N/NC(=O)c1ccc([N+](=O)[O-])cc1. The maximum absolute atomic E-state index is 12.9. The summed E-state index contributed by atoms with van der Waals surface area (Å²) in [4.78, 5) is 34.0. The summed E-state index contributed by atoms with van der Waals surface area (Å²) in [5, 5.41) is 16.1. The Morgan fingerprint density at radius 3 is 2.37 bits per heavy atom. The fourth-order valence-corrected chi connectivity index (χ4v) is 2.47. The molecule has 0 aliphatic carbocycles. The number of carbonyl (C=O) groups is 2. The summed E-state index contributed by atoms with van der Waals surface area (Å²) in [6.07, 6.45) is -4.97. The van der Waals surface area contributed by atoms with Crippen LogP contribution in [-0.4, -0.2) is 22.4 Å². The van der Waals surface area contributed by atoms with Crippen molar-refractivity contribution in [3.05, 3.63) is 68.7 Å². The molecule has 0 fully saturated rings. The Balaban J connectivity index is 1.96. The number of nitrogens with zero attached hydrogens (tertiary/aromatic N) is 2. The molecule has 8 nitrogen and oxygen atoms in total. The van der Waals surface area contributed by atoms with Crippen LogP contribution in [0.3, 0.4) is 0 Å². The lowest BCUT2D eigenvalue weighted by molar-refractivity contribution is -0.384. The minimum atomic E-state index is -4.67. The summed E-state index contributed by atoms with van der Waals surface area (Å²) in [5.41, 5.74) is 1.11. The molecule has 0 aliphatic heterocycles. The third-order valence-corrected chi connectivity index (χ3v) is 3.99. The van der Waals surface area contributed by atoms with Gasteiger partial charge in [-0.15, -0.1) is 0 Å². The maximum Gasteiger partial charge on any atom is 0.417 e. The van der Waals surface area contributed by atoms with Crippen LogP contribution in [0.5, 0.6) is 0 Å². The van der Waals surface area contributed by atoms with Gasteiger partial charge in [-0.05, 0) is 37.3 Å². The van der Waals surface area contributed by atoms with Gasteiger partial charge in [0.2, 0.25) is 5.91 Å². The van der Waals surface area contributed by atoms with Crippen LogP contribution in [0.25, 0.3) is 0 Å². The molecule has 0 saturated carbocycles. The van der Waals surface area contributed by atoms with Crippen molar-refractivity contribution in [3.8, 4) is 0 Å². The Labute approximate surface area is 172 Å². The number of non-ortho nitro benzene ring substituents is 1. The lowest BCUT2D eigenvalue weighted by Gasteiger charge is -2.11. The largest absolute Gasteiger partial charge is 0.417 e. The first-order chi connectivity index (χ1) is 14.0. The zero-order valence-electron chi connectivity index (χ0n) is 15.3. The number of nitro groups is 1. The summed E-state index contributed by atoms with van der Waals surface area (Å²) in [7, 11) is 0. The highest BCUT2D eigenvalue weighted by Gasteiger charge is 2.33. The van der Waals surface area contributed by atoms with Crippen molar-refractivity contribution < 1.29 is 27.7 Å². The first-order valence-corrected chi connectivity index (χ1v) is 8.59. The van der Waals surface area contributed by atoms with Crippen LogP contribution in [0.4, 0.5) is 24.5 Å². The average molecular weight is 443 g/mol. The minimum absolute atomic E-state index is 0.0977. The van der Waals surface area contributed by atoms with Gasteiger partial charge in [-0.25, -0.2) is 5.43 Å². The molecule has 2 N–H and O–H groups in total. The second-order valence-electron chi connectivity index (χ2n) is 6.01. The van der Waals surface area contributed by atoms with Gasteiger partial charge >= 0.3 is 6.18 Å². The summed E-state index contributed by atoms with van der Waals surface area (Å²) < 4.78 is 38.6. The molecule has 2 amide bonds. The maximum atomic E-state index is 12.9. The van der Waals surface area contributed by atoms with E-state index >= 15 is 0 Å². The zero-order chi connectivity index (χ0) is 22.5. The average Bonchev–Trinajstić information content (AvgIpc) is 2.66. The minimum Gasteiger partial charge on any atom is -0.326 e. The second-order valence-corrected chi connectivity index (χ2v) is 6.42. The number of hydrogen-bond acceptors (Lipinski definition) is 5. The molecule has 0 bridgehead atoms. The number of alkyl halides is 3. The third kappa shape index (κ3) is 6.27. The Morgan fingerprint density at radius 1 is 1.17 bits per heavy atom. The van der Waals surface area contributed by atoms with Crippen molar-refractivity contribution in [2.75, 3.05) is 5.32 Å². The lowest BCUT2D eigenvalue weighted by Crippen LogP contribution is -2.21. The van der Waals surface area contributed by atoms with Crippen LogP contribution >= 0.6 is 11.6 Å². The van der Waals surface area contributed by atoms with Gasteiger partial charge in [0.05, 0.1) is 21.9 Å². The fraction of sp³-hybridized carbons (Fsp3) is 0.167. The standard InChI is InChI=1S/C18H14ClF3N4O4/c1-10(24-25-17(28)11-2-5-13(6-3-11)26(29)30)8-16(27)23-12-4-7-15(19)14(9-12)18(20,21)22/h2-7,9H,8H2,1H3,(H,23,27)(H,25,28)/b24-10-. The molecule has 0 aliphatic rings. The van der Waals surface area contributed by atoms with Gasteiger partial charge < -0.3 is 5.32 Å². The number of nitrogens with one attached hydrogen (secondary N) is 2. The highest BCUT2D eigenvalue weighted by atomic mass is 35.5. The molecule has 2 aromatic rings. The molecule has 0 aromatic heterocycles. The Bertz CT molecular complexity index is 1010. The number of anilines is 1. The van der Waals surface area contributed by atoms with Crippen molar-refractivity contribution in [1.29, 1.82) is 0 Å². The predicted molar refractivity (Wildman–Crippen MR) is 103 cm³/mol. The van der Waals surface area contributed by atoms with E-state index in [2.05, 4.69) is 15.8 Å². The van der Waals surface area contributed by atoms with E-state index in [4.69, 9.17) is 11.6 Å². The molecular weight excluding hydrogens is 429 g/mol. The van der Waals surface area contributed by atoms with Gasteiger partial charge in [-0.2, -0.15) is 18.3 Å². The van der Waals surface area contributed by atoms with Gasteiger partial charge in [0, 0.05) is 29.1 Å². The van der Waals surface area contributed by atoms with Crippen LogP contribution < -0.4 is 10.7 Å². The number of hydrogen-bond donors (Lipinski definition) is 2. The van der Waals surface area contributed by atoms with Crippen molar-refractivity contribution in [3.63, 3.8) is 0 Å². The second kappa shape index (κ2) is 9.35. The molecule has 12 heteroatoms. The van der Waals surface area contributed by atoms with Gasteiger partial charge in [0.1, 0.15) is 0 Å². The molecule has 2 aromatic carbocycles. The van der Waals surface area contributed by atoms with Crippen LogP contribution in [0.2, 0.25) is 5.02 Å². The van der Waals surface area contributed by atoms with Crippen LogP contribution in [0, 0.1) is 10.1 Å². The van der Waals surface area contributed by atoms with E-state index in [0.29, 0.717) is 6.07 Å². The summed E-state index contributed by atoms with van der Waals surface area (Å²) >= 11 is 5.52. The van der Waals surface area contributed by atoms with Crippen molar-refractivity contribution >= 4 is 40.5 Å². The number of amides is 2. The van der Waals surface area contributed by atoms with Crippen LogP contribution in [0.15, 0.2) is 47.6 Å². The predicted octanol–water partition coefficient (Wildman–Crippen LogP) is 4.40. The van der Waals surface area contributed by atoms with E-state index in [9.17, 15) is 32.9 Å². The van der Waals surface area contributed by atoms with E-state index in [1.165, 1.54) is 25.1 Å². The molecular formula is C18H14ClF3N4O4. The lowest BCUT2D eigenvalue weighted by atomic mass is 10.2. The molecule has 0 heterocycles. The Morgan fingerprint density at radius 2 is 1.80 bits per heavy atom. The van der Waals surface area contributed by atoms with E-state index < -0.39 is 33.5 Å². The smallest absolute Gasteiger partial charge is 0.326 e. The van der Waals surface area contributed by atoms with Gasteiger partial charge in [-0.3, -0.25) is 19.7 Å². The van der Waals surface area contributed by atoms with Crippen LogP contribution in [-0.2, 0) is 11.0 Å². The Hall–Kier alpha value is -3.47. The van der Waals surface area contributed by atoms with Crippen molar-refractivity contribution in [1.82, 2.24) is 5.43 Å². The summed E-state index contributed by atoms with van der Waals surface area (Å²) in [5.74, 6) is -1.31. The van der Waals surface area contributed by atoms with E-state index in [-0.39, 0.29) is 29.1 Å². The molecule has 0 atom stereocenters. The first kappa shape index (κ1) is 22.8. The van der Waals surface area contributed by atoms with Crippen LogP contribution in [0.1, 0.15) is 29.3 Å². The molecule has 158 valence electrons. The number of rotatable bonds is 6. The molecule has 0 spiro atoms. The number of carbonyl (C=O) groups excluding carboxylic acids is 2. The van der Waals surface area contributed by atoms with Crippen molar-refractivity contribution in [2.45, 2.75) is 19.5 Å². The monoisotopic (exact) mass is 442 g/mol. The number of hydrazone groups is 1. The highest BCUT2D eigenvalue weighted by molar-refractivity contribution is 6.31. The number of nitro benzene ring substituents is 1. The van der Waals surface area contributed by atoms with E-state index in [1.807, 2.05) is 0 Å². The molecule has 30 heavy (non-hydrogen) atoms. The van der Waals surface area contributed by atoms with Gasteiger partial charge in [0.25, 0.3) is 11.6 Å². The normalized spacial score (nSPS) is 11.7. The van der Waals surface area contributed by atoms with Gasteiger partial charge in [0.15, 0.2) is 0 Å². The van der Waals surface area contributed by atoms with E-state index in [0.717, 1.165) is 18.2 Å². The fourth-order valence-electron chi connectivity index (χ4n) is 2.24. The molecule has 0 unspecified atom stereocenters. The quantitative estimate of drug-likeness (QED) is 0.392. The zero-order valence-corrected chi connectivity index (χ0v) is 16.0. The van der Waals surface area contributed by atoms with E-state index in [1.54, 1.807) is 0 Å². The molecule has 0 radical (unpaired) electrons. The molecule has 2 rings (SSSR count). The Kier molecular flexibility index (Phi) is 7.11. The van der Waals surface area contributed by atoms with Gasteiger partial charge in [-0.1, -0.05) is 11.6 Å². The first-order valence-electron chi connectivity index (χ1n) is 8.22. The highest BCUT2D eigenvalue weighted by Crippen LogP contribution is 2.36. The third-order valence-electron chi connectivity index (χ3n) is 3.66. The van der Waals surface area contributed by atoms with Crippen molar-refractivity contribution in [2.24, 2.45) is 5.10 Å². The number of halogens is 4. The summed E-state index contributed by atoms with van der Waals surface area (Å²) in [6.45, 7) is 1.43.